The number of hydrogen-bond acceptors (Lipinski definition) is 8. The second-order valence-corrected chi connectivity index (χ2v) is 8.63. The summed E-state index contributed by atoms with van der Waals surface area (Å²) in [4.78, 5) is 38.3. The highest BCUT2D eigenvalue weighted by Gasteiger charge is 2.24. The van der Waals surface area contributed by atoms with Crippen molar-refractivity contribution in [3.8, 4) is 11.3 Å². The number of ether oxygens (including phenoxy) is 1. The van der Waals surface area contributed by atoms with Crippen LogP contribution in [-0.2, 0) is 22.2 Å². The molecule has 0 aliphatic heterocycles. The molecule has 3 rings (SSSR count). The first-order valence-corrected chi connectivity index (χ1v) is 10.0. The summed E-state index contributed by atoms with van der Waals surface area (Å²) in [5, 5.41) is 16.4. The van der Waals surface area contributed by atoms with Crippen LogP contribution < -0.4 is 16.2 Å². The molecule has 32 heavy (non-hydrogen) atoms. The number of fused-ring (bicyclic) bond motifs is 1. The van der Waals surface area contributed by atoms with Crippen LogP contribution in [0.3, 0.4) is 0 Å². The number of anilines is 1. The highest BCUT2D eigenvalue weighted by Crippen LogP contribution is 2.27. The number of aromatic nitrogens is 4. The lowest BCUT2D eigenvalue weighted by Gasteiger charge is -2.29. The third-order valence-electron chi connectivity index (χ3n) is 4.75. The molecule has 0 bridgehead atoms. The molecule has 10 nitrogen and oxygen atoms in total. The normalized spacial score (nSPS) is 12.1. The molecule has 0 aliphatic rings. The highest BCUT2D eigenvalue weighted by atomic mass is 16.5. The van der Waals surface area contributed by atoms with Crippen LogP contribution in [0.2, 0.25) is 0 Å². The Balaban J connectivity index is 2.10. The number of carbonyl (C=O) groups is 1. The van der Waals surface area contributed by atoms with E-state index in [0.29, 0.717) is 27.9 Å². The van der Waals surface area contributed by atoms with Crippen molar-refractivity contribution in [2.24, 2.45) is 7.05 Å². The average Bonchev–Trinajstić information content (AvgIpc) is 2.69. The molecule has 3 aromatic heterocycles. The lowest BCUT2D eigenvalue weighted by Crippen LogP contribution is -2.51. The number of pyridine rings is 2. The Morgan fingerprint density at radius 3 is 2.53 bits per heavy atom. The fourth-order valence-electron chi connectivity index (χ4n) is 3.21. The van der Waals surface area contributed by atoms with Gasteiger partial charge in [-0.25, -0.2) is 9.97 Å². The SMILES string of the molecule is COCC(=O)NC(C)(C)Nc1nc(-c2ccc(C(C)(C)O)nc2)cc2ncn(C)c(=O)c12. The number of carbonyl (C=O) groups excluding carboxylic acids is 1. The Bertz CT molecular complexity index is 1200. The molecule has 1 amide bonds. The molecule has 0 unspecified atom stereocenters. The Labute approximate surface area is 185 Å². The molecule has 0 saturated carbocycles. The second kappa shape index (κ2) is 8.64. The second-order valence-electron chi connectivity index (χ2n) is 8.63. The molecular formula is C22H28N6O4. The molecule has 170 valence electrons. The summed E-state index contributed by atoms with van der Waals surface area (Å²) in [7, 11) is 3.04. The summed E-state index contributed by atoms with van der Waals surface area (Å²) in [6, 6.07) is 5.23. The summed E-state index contributed by atoms with van der Waals surface area (Å²) >= 11 is 0. The molecular weight excluding hydrogens is 412 g/mol. The molecule has 0 aromatic carbocycles. The molecule has 0 saturated heterocycles. The van der Waals surface area contributed by atoms with Crippen LogP contribution in [0.25, 0.3) is 22.2 Å². The minimum atomic E-state index is -1.07. The Kier molecular flexibility index (Phi) is 6.29. The van der Waals surface area contributed by atoms with Crippen LogP contribution in [0.5, 0.6) is 0 Å². The maximum absolute atomic E-state index is 12.9. The monoisotopic (exact) mass is 440 g/mol. The van der Waals surface area contributed by atoms with Gasteiger partial charge in [0.1, 0.15) is 29.1 Å². The van der Waals surface area contributed by atoms with E-state index in [-0.39, 0.29) is 23.9 Å². The van der Waals surface area contributed by atoms with Crippen LogP contribution in [0, 0.1) is 0 Å². The van der Waals surface area contributed by atoms with Crippen molar-refractivity contribution in [1.29, 1.82) is 0 Å². The standard InChI is InChI=1S/C22H28N6O4/c1-21(2,31)16-8-7-13(10-23-16)14-9-15-18(20(30)28(5)12-24-15)19(25-14)27-22(3,4)26-17(29)11-32-6/h7-10,12,31H,11H2,1-6H3,(H,25,27)(H,26,29). The van der Waals surface area contributed by atoms with E-state index in [4.69, 9.17) is 4.74 Å². The maximum Gasteiger partial charge on any atom is 0.264 e. The lowest BCUT2D eigenvalue weighted by molar-refractivity contribution is -0.126. The van der Waals surface area contributed by atoms with E-state index >= 15 is 0 Å². The Morgan fingerprint density at radius 2 is 1.94 bits per heavy atom. The van der Waals surface area contributed by atoms with Crippen molar-refractivity contribution in [1.82, 2.24) is 24.8 Å². The van der Waals surface area contributed by atoms with Gasteiger partial charge in [-0.1, -0.05) is 0 Å². The summed E-state index contributed by atoms with van der Waals surface area (Å²) in [5.41, 5.74) is -0.0778. The van der Waals surface area contributed by atoms with Crippen molar-refractivity contribution in [3.05, 3.63) is 46.8 Å². The summed E-state index contributed by atoms with van der Waals surface area (Å²) in [5.74, 6) is -0.0385. The molecule has 0 spiro atoms. The average molecular weight is 441 g/mol. The largest absolute Gasteiger partial charge is 0.384 e. The van der Waals surface area contributed by atoms with Crippen molar-refractivity contribution >= 4 is 22.6 Å². The van der Waals surface area contributed by atoms with Crippen molar-refractivity contribution < 1.29 is 14.6 Å². The van der Waals surface area contributed by atoms with Crippen LogP contribution in [0.15, 0.2) is 35.5 Å². The molecule has 0 aliphatic carbocycles. The zero-order chi connectivity index (χ0) is 23.7. The number of hydrogen-bond donors (Lipinski definition) is 3. The van der Waals surface area contributed by atoms with E-state index in [2.05, 4.69) is 25.6 Å². The maximum atomic E-state index is 12.9. The van der Waals surface area contributed by atoms with E-state index < -0.39 is 11.3 Å². The Hall–Kier alpha value is -3.37. The number of methoxy groups -OCH3 is 1. The fraction of sp³-hybridized carbons (Fsp3) is 0.409. The quantitative estimate of drug-likeness (QED) is 0.472. The predicted octanol–water partition coefficient (Wildman–Crippen LogP) is 1.53. The van der Waals surface area contributed by atoms with Crippen LogP contribution in [0.1, 0.15) is 33.4 Å². The molecule has 0 atom stereocenters. The molecule has 3 heterocycles. The van der Waals surface area contributed by atoms with Crippen LogP contribution >= 0.6 is 0 Å². The molecule has 3 N–H and O–H groups in total. The number of aryl methyl sites for hydroxylation is 1. The molecule has 10 heteroatoms. The lowest BCUT2D eigenvalue weighted by atomic mass is 10.0. The summed E-state index contributed by atoms with van der Waals surface area (Å²) in [6.45, 7) is 6.72. The summed E-state index contributed by atoms with van der Waals surface area (Å²) < 4.78 is 6.24. The van der Waals surface area contributed by atoms with Gasteiger partial charge in [0.25, 0.3) is 5.56 Å². The third-order valence-corrected chi connectivity index (χ3v) is 4.75. The van der Waals surface area contributed by atoms with Gasteiger partial charge in [-0.3, -0.25) is 14.6 Å². The number of aliphatic hydroxyl groups is 1. The van der Waals surface area contributed by atoms with Gasteiger partial charge in [-0.05, 0) is 45.9 Å². The highest BCUT2D eigenvalue weighted by molar-refractivity contribution is 5.91. The predicted molar refractivity (Wildman–Crippen MR) is 121 cm³/mol. The number of rotatable bonds is 7. The first kappa shape index (κ1) is 23.3. The van der Waals surface area contributed by atoms with Gasteiger partial charge >= 0.3 is 0 Å². The van der Waals surface area contributed by atoms with Gasteiger partial charge in [0.05, 0.1) is 23.2 Å². The fourth-order valence-corrected chi connectivity index (χ4v) is 3.21. The van der Waals surface area contributed by atoms with Gasteiger partial charge in [-0.2, -0.15) is 0 Å². The molecule has 3 aromatic rings. The smallest absolute Gasteiger partial charge is 0.264 e. The molecule has 0 fully saturated rings. The van der Waals surface area contributed by atoms with Gasteiger partial charge < -0.3 is 25.0 Å². The van der Waals surface area contributed by atoms with E-state index in [0.717, 1.165) is 0 Å². The minimum Gasteiger partial charge on any atom is -0.384 e. The van der Waals surface area contributed by atoms with E-state index in [9.17, 15) is 14.7 Å². The first-order chi connectivity index (χ1) is 14.9. The van der Waals surface area contributed by atoms with Crippen molar-refractivity contribution in [2.45, 2.75) is 39.0 Å². The zero-order valence-corrected chi connectivity index (χ0v) is 19.1. The van der Waals surface area contributed by atoms with Crippen molar-refractivity contribution in [3.63, 3.8) is 0 Å². The van der Waals surface area contributed by atoms with Crippen LogP contribution in [0.4, 0.5) is 5.82 Å². The van der Waals surface area contributed by atoms with Crippen LogP contribution in [-0.4, -0.2) is 49.9 Å². The minimum absolute atomic E-state index is 0.0954. The summed E-state index contributed by atoms with van der Waals surface area (Å²) in [6.07, 6.45) is 3.05. The number of nitrogens with one attached hydrogen (secondary N) is 2. The van der Waals surface area contributed by atoms with E-state index in [1.807, 2.05) is 0 Å². The third kappa shape index (κ3) is 5.09. The van der Waals surface area contributed by atoms with Gasteiger partial charge in [-0.15, -0.1) is 0 Å². The molecule has 0 radical (unpaired) electrons. The topological polar surface area (TPSA) is 131 Å². The zero-order valence-electron chi connectivity index (χ0n) is 19.1. The van der Waals surface area contributed by atoms with E-state index in [1.54, 1.807) is 59.1 Å². The van der Waals surface area contributed by atoms with Gasteiger partial charge in [0.2, 0.25) is 5.91 Å². The van der Waals surface area contributed by atoms with Gasteiger partial charge in [0.15, 0.2) is 0 Å². The number of nitrogens with zero attached hydrogens (tertiary/aromatic N) is 4. The van der Waals surface area contributed by atoms with E-state index in [1.165, 1.54) is 18.0 Å². The number of amides is 1. The van der Waals surface area contributed by atoms with Crippen molar-refractivity contribution in [2.75, 3.05) is 19.0 Å². The Morgan fingerprint density at radius 1 is 1.22 bits per heavy atom. The first-order valence-electron chi connectivity index (χ1n) is 10.0. The van der Waals surface area contributed by atoms with Gasteiger partial charge in [0, 0.05) is 25.9 Å².